The van der Waals surface area contributed by atoms with Gasteiger partial charge in [-0.05, 0) is 25.5 Å². The van der Waals surface area contributed by atoms with Crippen LogP contribution in [-0.2, 0) is 13.1 Å². The van der Waals surface area contributed by atoms with Crippen LogP contribution < -0.4 is 0 Å². The van der Waals surface area contributed by atoms with E-state index < -0.39 is 0 Å². The summed E-state index contributed by atoms with van der Waals surface area (Å²) in [5.41, 5.74) is 4.45. The van der Waals surface area contributed by atoms with Crippen LogP contribution in [0.15, 0.2) is 35.1 Å². The van der Waals surface area contributed by atoms with Crippen molar-refractivity contribution in [2.45, 2.75) is 26.9 Å². The fraction of sp³-hybridized carbons (Fsp3) is 0.444. The van der Waals surface area contributed by atoms with Gasteiger partial charge in [-0.25, -0.2) is 4.98 Å². The number of rotatable bonds is 4. The highest BCUT2D eigenvalue weighted by Gasteiger charge is 2.19. The monoisotopic (exact) mass is 325 g/mol. The van der Waals surface area contributed by atoms with Gasteiger partial charge in [-0.1, -0.05) is 11.2 Å². The number of aromatic nitrogens is 3. The zero-order chi connectivity index (χ0) is 16.5. The lowest BCUT2D eigenvalue weighted by Gasteiger charge is -2.33. The summed E-state index contributed by atoms with van der Waals surface area (Å²) in [6.45, 7) is 10.1. The summed E-state index contributed by atoms with van der Waals surface area (Å²) in [7, 11) is 0. The maximum absolute atomic E-state index is 5.15. The second-order valence-electron chi connectivity index (χ2n) is 6.64. The van der Waals surface area contributed by atoms with Gasteiger partial charge < -0.3 is 8.92 Å². The Balaban J connectivity index is 1.34. The van der Waals surface area contributed by atoms with Gasteiger partial charge in [0.1, 0.15) is 11.4 Å². The Kier molecular flexibility index (Phi) is 4.08. The van der Waals surface area contributed by atoms with E-state index in [4.69, 9.17) is 9.51 Å². The third-order valence-corrected chi connectivity index (χ3v) is 4.64. The molecule has 126 valence electrons. The average molecular weight is 325 g/mol. The molecule has 4 rings (SSSR count). The van der Waals surface area contributed by atoms with Crippen LogP contribution in [0, 0.1) is 13.8 Å². The number of aryl methyl sites for hydroxylation is 2. The Morgan fingerprint density at radius 2 is 1.75 bits per heavy atom. The van der Waals surface area contributed by atoms with Crippen molar-refractivity contribution in [1.29, 1.82) is 0 Å². The Morgan fingerprint density at radius 3 is 2.38 bits per heavy atom. The van der Waals surface area contributed by atoms with Crippen LogP contribution in [0.25, 0.3) is 5.65 Å². The Bertz CT molecular complexity index is 829. The Morgan fingerprint density at radius 1 is 1.04 bits per heavy atom. The predicted molar refractivity (Wildman–Crippen MR) is 91.7 cm³/mol. The van der Waals surface area contributed by atoms with Gasteiger partial charge >= 0.3 is 0 Å². The van der Waals surface area contributed by atoms with Gasteiger partial charge in [0, 0.05) is 57.7 Å². The topological polar surface area (TPSA) is 49.8 Å². The molecule has 0 radical (unpaired) electrons. The smallest absolute Gasteiger partial charge is 0.139 e. The first kappa shape index (κ1) is 15.4. The SMILES string of the molecule is Cc1cc(CN2CCN(Cc3cn4cccc(C)c4n3)CC2)no1. The van der Waals surface area contributed by atoms with E-state index in [-0.39, 0.29) is 0 Å². The van der Waals surface area contributed by atoms with Crippen molar-refractivity contribution in [2.75, 3.05) is 26.2 Å². The number of piperazine rings is 1. The first-order chi connectivity index (χ1) is 11.7. The normalized spacial score (nSPS) is 16.9. The minimum Gasteiger partial charge on any atom is -0.361 e. The van der Waals surface area contributed by atoms with Crippen LogP contribution in [0.1, 0.15) is 22.7 Å². The molecule has 0 spiro atoms. The lowest BCUT2D eigenvalue weighted by atomic mass is 10.2. The third kappa shape index (κ3) is 3.20. The van der Waals surface area contributed by atoms with Crippen molar-refractivity contribution in [3.05, 3.63) is 53.3 Å². The van der Waals surface area contributed by atoms with Crippen molar-refractivity contribution in [3.8, 4) is 0 Å². The van der Waals surface area contributed by atoms with Crippen LogP contribution in [0.4, 0.5) is 0 Å². The number of imidazole rings is 1. The predicted octanol–water partition coefficient (Wildman–Crippen LogP) is 2.26. The molecule has 1 fully saturated rings. The lowest BCUT2D eigenvalue weighted by Crippen LogP contribution is -2.45. The van der Waals surface area contributed by atoms with Crippen LogP contribution in [0.5, 0.6) is 0 Å². The number of nitrogens with zero attached hydrogens (tertiary/aromatic N) is 5. The van der Waals surface area contributed by atoms with Crippen LogP contribution in [-0.4, -0.2) is 50.5 Å². The molecule has 1 aliphatic heterocycles. The van der Waals surface area contributed by atoms with Crippen molar-refractivity contribution in [3.63, 3.8) is 0 Å². The van der Waals surface area contributed by atoms with E-state index in [1.165, 1.54) is 5.56 Å². The van der Waals surface area contributed by atoms with Gasteiger partial charge in [0.15, 0.2) is 0 Å². The molecule has 0 N–H and O–H groups in total. The molecule has 3 aromatic heterocycles. The molecule has 4 heterocycles. The molecule has 0 atom stereocenters. The van der Waals surface area contributed by atoms with Crippen LogP contribution in [0.2, 0.25) is 0 Å². The zero-order valence-corrected chi connectivity index (χ0v) is 14.3. The fourth-order valence-corrected chi connectivity index (χ4v) is 3.34. The van der Waals surface area contributed by atoms with Crippen molar-refractivity contribution >= 4 is 5.65 Å². The van der Waals surface area contributed by atoms with Crippen molar-refractivity contribution in [1.82, 2.24) is 24.3 Å². The molecule has 6 heteroatoms. The van der Waals surface area contributed by atoms with E-state index in [1.807, 2.05) is 13.0 Å². The van der Waals surface area contributed by atoms with Gasteiger partial charge in [0.05, 0.1) is 11.4 Å². The van der Waals surface area contributed by atoms with Crippen molar-refractivity contribution in [2.24, 2.45) is 0 Å². The van der Waals surface area contributed by atoms with E-state index in [1.54, 1.807) is 0 Å². The molecule has 0 amide bonds. The summed E-state index contributed by atoms with van der Waals surface area (Å²) >= 11 is 0. The van der Waals surface area contributed by atoms with Crippen LogP contribution >= 0.6 is 0 Å². The number of hydrogen-bond donors (Lipinski definition) is 0. The first-order valence-corrected chi connectivity index (χ1v) is 8.47. The van der Waals surface area contributed by atoms with Gasteiger partial charge in [-0.2, -0.15) is 0 Å². The lowest BCUT2D eigenvalue weighted by molar-refractivity contribution is 0.119. The quantitative estimate of drug-likeness (QED) is 0.736. The molecule has 0 aliphatic carbocycles. The molecule has 1 saturated heterocycles. The molecule has 0 unspecified atom stereocenters. The summed E-state index contributed by atoms with van der Waals surface area (Å²) in [6.07, 6.45) is 4.21. The summed E-state index contributed by atoms with van der Waals surface area (Å²) in [5.74, 6) is 0.880. The minimum absolute atomic E-state index is 0.874. The van der Waals surface area contributed by atoms with E-state index in [0.29, 0.717) is 0 Å². The highest BCUT2D eigenvalue weighted by atomic mass is 16.5. The molecule has 0 aromatic carbocycles. The third-order valence-electron chi connectivity index (χ3n) is 4.64. The second-order valence-corrected chi connectivity index (χ2v) is 6.64. The zero-order valence-electron chi connectivity index (χ0n) is 14.3. The maximum atomic E-state index is 5.15. The molecule has 0 bridgehead atoms. The number of fused-ring (bicyclic) bond motifs is 1. The minimum atomic E-state index is 0.874. The second kappa shape index (κ2) is 6.37. The molecular formula is C18H23N5O. The maximum Gasteiger partial charge on any atom is 0.139 e. The number of hydrogen-bond acceptors (Lipinski definition) is 5. The van der Waals surface area contributed by atoms with E-state index in [0.717, 1.165) is 62.1 Å². The van der Waals surface area contributed by atoms with Crippen molar-refractivity contribution < 1.29 is 4.52 Å². The molecule has 24 heavy (non-hydrogen) atoms. The standard InChI is InChI=1S/C18H23N5O/c1-14-4-3-5-23-13-17(19-18(14)23)12-22-8-6-21(7-9-22)11-16-10-15(2)24-20-16/h3-5,10,13H,6-9,11-12H2,1-2H3. The highest BCUT2D eigenvalue weighted by Crippen LogP contribution is 2.14. The van der Waals surface area contributed by atoms with E-state index in [9.17, 15) is 0 Å². The number of pyridine rings is 1. The van der Waals surface area contributed by atoms with Gasteiger partial charge in [0.25, 0.3) is 0 Å². The average Bonchev–Trinajstić information content (AvgIpc) is 3.16. The van der Waals surface area contributed by atoms with Gasteiger partial charge in [0.2, 0.25) is 0 Å². The largest absolute Gasteiger partial charge is 0.361 e. The summed E-state index contributed by atoms with van der Waals surface area (Å²) in [4.78, 5) is 9.69. The highest BCUT2D eigenvalue weighted by molar-refractivity contribution is 5.47. The molecular weight excluding hydrogens is 302 g/mol. The fourth-order valence-electron chi connectivity index (χ4n) is 3.34. The molecule has 1 aliphatic rings. The van der Waals surface area contributed by atoms with E-state index >= 15 is 0 Å². The summed E-state index contributed by atoms with van der Waals surface area (Å²) < 4.78 is 7.27. The Hall–Kier alpha value is -2.18. The first-order valence-electron chi connectivity index (χ1n) is 8.47. The molecule has 0 saturated carbocycles. The molecule has 6 nitrogen and oxygen atoms in total. The van der Waals surface area contributed by atoms with E-state index in [2.05, 4.69) is 50.8 Å². The van der Waals surface area contributed by atoms with Crippen LogP contribution in [0.3, 0.4) is 0 Å². The summed E-state index contributed by atoms with van der Waals surface area (Å²) in [5, 5.41) is 4.09. The summed E-state index contributed by atoms with van der Waals surface area (Å²) in [6, 6.07) is 6.19. The molecule has 3 aromatic rings. The van der Waals surface area contributed by atoms with Gasteiger partial charge in [-0.3, -0.25) is 9.80 Å². The Labute approximate surface area is 141 Å². The van der Waals surface area contributed by atoms with Gasteiger partial charge in [-0.15, -0.1) is 0 Å².